The van der Waals surface area contributed by atoms with Crippen LogP contribution in [-0.4, -0.2) is 24.9 Å². The number of carbonyl (C=O) groups is 2. The predicted molar refractivity (Wildman–Crippen MR) is 71.3 cm³/mol. The van der Waals surface area contributed by atoms with Crippen LogP contribution in [0.15, 0.2) is 0 Å². The van der Waals surface area contributed by atoms with Crippen LogP contribution >= 0.6 is 11.3 Å². The number of carbonyl (C=O) groups excluding carboxylic acids is 2. The van der Waals surface area contributed by atoms with Gasteiger partial charge in [0.05, 0.1) is 17.7 Å². The number of rotatable bonds is 4. The predicted octanol–water partition coefficient (Wildman–Crippen LogP) is 2.14. The van der Waals surface area contributed by atoms with Gasteiger partial charge in [0.1, 0.15) is 10.6 Å². The van der Waals surface area contributed by atoms with Gasteiger partial charge in [-0.25, -0.2) is 4.79 Å². The van der Waals surface area contributed by atoms with E-state index >= 15 is 0 Å². The molecule has 2 unspecified atom stereocenters. The fourth-order valence-corrected chi connectivity index (χ4v) is 2.87. The maximum Gasteiger partial charge on any atom is 0.343 e. The molecule has 0 bridgehead atoms. The smallest absolute Gasteiger partial charge is 0.343 e. The fraction of sp³-hybridized carbons (Fsp3) is 0.500. The second-order valence-corrected chi connectivity index (χ2v) is 5.58. The van der Waals surface area contributed by atoms with Crippen molar-refractivity contribution in [2.45, 2.75) is 26.3 Å². The number of nitrogens with one attached hydrogen (secondary N) is 1. The molecule has 2 rings (SSSR count). The molecule has 2 atom stereocenters. The highest BCUT2D eigenvalue weighted by Gasteiger charge is 2.35. The maximum absolute atomic E-state index is 11.7. The number of methoxy groups -OCH3 is 1. The number of ether oxygens (including phenoxy) is 1. The minimum atomic E-state index is -0.507. The lowest BCUT2D eigenvalue weighted by Gasteiger charge is -2.05. The van der Waals surface area contributed by atoms with Crippen LogP contribution in [0.3, 0.4) is 0 Å². The standard InChI is InChI=1S/C12H16N2O3S/c1-5-4-7(5)14-11-8(12(16)17-3)9(13)10(18-11)6(2)15/h5,7,14H,4,13H2,1-3H3. The molecule has 0 saturated heterocycles. The van der Waals surface area contributed by atoms with Crippen molar-refractivity contribution < 1.29 is 14.3 Å². The van der Waals surface area contributed by atoms with Crippen molar-refractivity contribution in [3.8, 4) is 0 Å². The number of hydrogen-bond donors (Lipinski definition) is 2. The van der Waals surface area contributed by atoms with E-state index < -0.39 is 5.97 Å². The second kappa shape index (κ2) is 4.61. The topological polar surface area (TPSA) is 81.4 Å². The highest BCUT2D eigenvalue weighted by Crippen LogP contribution is 2.41. The fourth-order valence-electron chi connectivity index (χ4n) is 1.80. The van der Waals surface area contributed by atoms with E-state index in [1.165, 1.54) is 25.4 Å². The molecular weight excluding hydrogens is 252 g/mol. The molecule has 5 nitrogen and oxygen atoms in total. The Bertz CT molecular complexity index is 510. The average Bonchev–Trinajstić information content (AvgIpc) is 2.88. The van der Waals surface area contributed by atoms with E-state index in [2.05, 4.69) is 12.2 Å². The van der Waals surface area contributed by atoms with Crippen LogP contribution in [0.4, 0.5) is 10.7 Å². The quantitative estimate of drug-likeness (QED) is 0.646. The third kappa shape index (κ3) is 2.20. The number of esters is 1. The lowest BCUT2D eigenvalue weighted by atomic mass is 10.2. The molecule has 0 aliphatic heterocycles. The summed E-state index contributed by atoms with van der Waals surface area (Å²) in [5.74, 6) is -0.0637. The first-order chi connectivity index (χ1) is 8.45. The number of nitrogens with two attached hydrogens (primary N) is 1. The van der Waals surface area contributed by atoms with E-state index in [0.717, 1.165) is 6.42 Å². The Morgan fingerprint density at radius 2 is 2.11 bits per heavy atom. The van der Waals surface area contributed by atoms with Crippen LogP contribution in [-0.2, 0) is 4.74 Å². The van der Waals surface area contributed by atoms with Gasteiger partial charge >= 0.3 is 5.97 Å². The van der Waals surface area contributed by atoms with Crippen molar-refractivity contribution in [3.63, 3.8) is 0 Å². The Labute approximate surface area is 109 Å². The first-order valence-corrected chi connectivity index (χ1v) is 6.55. The molecular formula is C12H16N2O3S. The Hall–Kier alpha value is -1.56. The van der Waals surface area contributed by atoms with Crippen LogP contribution in [0.25, 0.3) is 0 Å². The molecule has 1 aromatic rings. The van der Waals surface area contributed by atoms with Gasteiger partial charge in [-0.3, -0.25) is 4.79 Å². The van der Waals surface area contributed by atoms with Crippen molar-refractivity contribution in [1.82, 2.24) is 0 Å². The third-order valence-corrected chi connectivity index (χ3v) is 4.32. The van der Waals surface area contributed by atoms with Crippen LogP contribution < -0.4 is 11.1 Å². The van der Waals surface area contributed by atoms with Gasteiger partial charge in [-0.1, -0.05) is 6.92 Å². The summed E-state index contributed by atoms with van der Waals surface area (Å²) in [6, 6.07) is 0.353. The number of nitrogen functional groups attached to an aromatic ring is 1. The molecule has 0 amide bonds. The van der Waals surface area contributed by atoms with Gasteiger partial charge in [0.2, 0.25) is 0 Å². The lowest BCUT2D eigenvalue weighted by molar-refractivity contribution is 0.0603. The van der Waals surface area contributed by atoms with Crippen LogP contribution in [0.1, 0.15) is 40.3 Å². The van der Waals surface area contributed by atoms with Gasteiger partial charge in [-0.2, -0.15) is 0 Å². The van der Waals surface area contributed by atoms with E-state index in [4.69, 9.17) is 10.5 Å². The number of anilines is 2. The molecule has 98 valence electrons. The molecule has 0 aromatic carbocycles. The van der Waals surface area contributed by atoms with Gasteiger partial charge < -0.3 is 15.8 Å². The molecule has 1 fully saturated rings. The van der Waals surface area contributed by atoms with E-state index in [9.17, 15) is 9.59 Å². The molecule has 1 heterocycles. The molecule has 1 saturated carbocycles. The average molecular weight is 268 g/mol. The Balaban J connectivity index is 2.39. The van der Waals surface area contributed by atoms with E-state index in [1.807, 2.05) is 0 Å². The zero-order valence-corrected chi connectivity index (χ0v) is 11.4. The van der Waals surface area contributed by atoms with Gasteiger partial charge in [-0.05, 0) is 12.3 Å². The monoisotopic (exact) mass is 268 g/mol. The summed E-state index contributed by atoms with van der Waals surface area (Å²) < 4.78 is 4.72. The number of Topliss-reactive ketones (excluding diaryl/α,β-unsaturated/α-hetero) is 1. The van der Waals surface area contributed by atoms with E-state index in [-0.39, 0.29) is 17.0 Å². The molecule has 1 aliphatic carbocycles. The molecule has 0 spiro atoms. The Morgan fingerprint density at radius 1 is 1.50 bits per heavy atom. The Kier molecular flexibility index (Phi) is 3.30. The van der Waals surface area contributed by atoms with E-state index in [1.54, 1.807) is 0 Å². The van der Waals surface area contributed by atoms with Crippen molar-refractivity contribution in [1.29, 1.82) is 0 Å². The Morgan fingerprint density at radius 3 is 2.56 bits per heavy atom. The highest BCUT2D eigenvalue weighted by atomic mass is 32.1. The van der Waals surface area contributed by atoms with Crippen molar-refractivity contribution >= 4 is 33.8 Å². The third-order valence-electron chi connectivity index (χ3n) is 3.08. The molecule has 3 N–H and O–H groups in total. The zero-order chi connectivity index (χ0) is 13.4. The molecule has 18 heavy (non-hydrogen) atoms. The van der Waals surface area contributed by atoms with Crippen LogP contribution in [0.5, 0.6) is 0 Å². The highest BCUT2D eigenvalue weighted by molar-refractivity contribution is 7.19. The van der Waals surface area contributed by atoms with Gasteiger partial charge in [0.25, 0.3) is 0 Å². The SMILES string of the molecule is COC(=O)c1c(NC2CC2C)sc(C(C)=O)c1N. The zero-order valence-electron chi connectivity index (χ0n) is 10.6. The molecule has 1 aromatic heterocycles. The van der Waals surface area contributed by atoms with Gasteiger partial charge in [0.15, 0.2) is 5.78 Å². The second-order valence-electron chi connectivity index (χ2n) is 4.56. The summed E-state index contributed by atoms with van der Waals surface area (Å²) in [7, 11) is 1.30. The van der Waals surface area contributed by atoms with Crippen molar-refractivity contribution in [2.24, 2.45) is 5.92 Å². The summed E-state index contributed by atoms with van der Waals surface area (Å²) in [4.78, 5) is 23.6. The number of hydrogen-bond acceptors (Lipinski definition) is 6. The number of thiophene rings is 1. The molecule has 0 radical (unpaired) electrons. The molecule has 1 aliphatic rings. The van der Waals surface area contributed by atoms with Crippen LogP contribution in [0, 0.1) is 5.92 Å². The van der Waals surface area contributed by atoms with Gasteiger partial charge in [-0.15, -0.1) is 11.3 Å². The largest absolute Gasteiger partial charge is 0.465 e. The van der Waals surface area contributed by atoms with E-state index in [0.29, 0.717) is 21.8 Å². The number of ketones is 1. The first kappa shape index (κ1) is 12.9. The minimum Gasteiger partial charge on any atom is -0.465 e. The molecule has 6 heteroatoms. The van der Waals surface area contributed by atoms with Crippen LogP contribution in [0.2, 0.25) is 0 Å². The summed E-state index contributed by atoms with van der Waals surface area (Å²) in [5, 5.41) is 3.89. The summed E-state index contributed by atoms with van der Waals surface area (Å²) in [5.41, 5.74) is 6.36. The first-order valence-electron chi connectivity index (χ1n) is 5.73. The normalized spacial score (nSPS) is 21.5. The maximum atomic E-state index is 11.7. The van der Waals surface area contributed by atoms with Crippen molar-refractivity contribution in [3.05, 3.63) is 10.4 Å². The summed E-state index contributed by atoms with van der Waals surface area (Å²) in [6.07, 6.45) is 1.06. The van der Waals surface area contributed by atoms with Gasteiger partial charge in [0, 0.05) is 13.0 Å². The lowest BCUT2D eigenvalue weighted by Crippen LogP contribution is -2.10. The summed E-state index contributed by atoms with van der Waals surface area (Å²) >= 11 is 1.22. The minimum absolute atomic E-state index is 0.139. The van der Waals surface area contributed by atoms with Crippen molar-refractivity contribution in [2.75, 3.05) is 18.2 Å². The summed E-state index contributed by atoms with van der Waals surface area (Å²) in [6.45, 7) is 3.56.